The molecule has 2 aliphatic heterocycles. The molecule has 3 rings (SSSR count). The zero-order valence-electron chi connectivity index (χ0n) is 19.1. The van der Waals surface area contributed by atoms with Crippen LogP contribution >= 0.6 is 0 Å². The second-order valence-electron chi connectivity index (χ2n) is 8.96. The highest BCUT2D eigenvalue weighted by atomic mass is 19.1. The third-order valence-electron chi connectivity index (χ3n) is 6.25. The minimum absolute atomic E-state index is 0.0203. The number of hydrogen-bond donors (Lipinski definition) is 5. The number of nitrogens with zero attached hydrogens (tertiary/aromatic N) is 1. The van der Waals surface area contributed by atoms with Crippen LogP contribution in [0.5, 0.6) is 0 Å². The van der Waals surface area contributed by atoms with Crippen molar-refractivity contribution in [2.45, 2.75) is 103 Å². The number of carbonyl (C=O) groups is 1. The van der Waals surface area contributed by atoms with Crippen LogP contribution in [0.15, 0.2) is 4.99 Å². The fourth-order valence-electron chi connectivity index (χ4n) is 4.58. The average Bonchev–Trinajstić information content (AvgIpc) is 3.32. The molecule has 6 unspecified atom stereocenters. The molecule has 5 N–H and O–H groups in total. The maximum Gasteiger partial charge on any atom is 0.246 e. The first-order valence-corrected chi connectivity index (χ1v) is 11.6. The molecule has 0 aromatic heterocycles. The Morgan fingerprint density at radius 1 is 1.26 bits per heavy atom. The third kappa shape index (κ3) is 7.08. The highest BCUT2D eigenvalue weighted by Crippen LogP contribution is 2.31. The van der Waals surface area contributed by atoms with Crippen molar-refractivity contribution in [3.05, 3.63) is 0 Å². The van der Waals surface area contributed by atoms with E-state index >= 15 is 0 Å². The Labute approximate surface area is 184 Å². The Morgan fingerprint density at radius 3 is 2.65 bits per heavy atom. The molecule has 0 spiro atoms. The molecule has 3 fully saturated rings. The van der Waals surface area contributed by atoms with Crippen molar-refractivity contribution in [1.29, 1.82) is 0 Å². The van der Waals surface area contributed by atoms with Crippen molar-refractivity contribution >= 4 is 11.9 Å². The summed E-state index contributed by atoms with van der Waals surface area (Å²) < 4.78 is 24.6. The largest absolute Gasteiger partial charge is 0.380 e. The van der Waals surface area contributed by atoms with Crippen molar-refractivity contribution in [3.63, 3.8) is 0 Å². The van der Waals surface area contributed by atoms with Crippen LogP contribution < -0.4 is 26.8 Å². The Balaban J connectivity index is 1.61. The van der Waals surface area contributed by atoms with Crippen molar-refractivity contribution < 1.29 is 18.7 Å². The van der Waals surface area contributed by atoms with Crippen LogP contribution in [0.2, 0.25) is 0 Å². The van der Waals surface area contributed by atoms with Crippen molar-refractivity contribution in [3.8, 4) is 0 Å². The number of carbonyl (C=O) groups excluding carboxylic acids is 1. The molecule has 178 valence electrons. The Morgan fingerprint density at radius 2 is 2.00 bits per heavy atom. The van der Waals surface area contributed by atoms with Crippen LogP contribution in [0.4, 0.5) is 4.39 Å². The second kappa shape index (κ2) is 11.5. The summed E-state index contributed by atoms with van der Waals surface area (Å²) in [5, 5.41) is 9.34. The van der Waals surface area contributed by atoms with Gasteiger partial charge < -0.3 is 14.8 Å². The molecular weight excluding hydrogens is 403 g/mol. The molecule has 0 aromatic rings. The molecule has 0 bridgehead atoms. The predicted molar refractivity (Wildman–Crippen MR) is 117 cm³/mol. The lowest BCUT2D eigenvalue weighted by Crippen LogP contribution is -2.54. The van der Waals surface area contributed by atoms with Crippen LogP contribution in [0.1, 0.15) is 59.8 Å². The Kier molecular flexibility index (Phi) is 9.03. The van der Waals surface area contributed by atoms with Gasteiger partial charge in [0.1, 0.15) is 24.6 Å². The zero-order valence-corrected chi connectivity index (χ0v) is 19.1. The molecule has 10 heteroatoms. The standard InChI is InChI=1S/C21H39FN6O3/c1-5-30-11-12(2)23-21(26-20(29)19-13(3)31-14(4)24-19)25-18-10-17(27-28-18)15-6-8-16(22)9-7-15/h12-19,24,27-28H,5-11H2,1-4H3,(H2,23,25,26,29). The van der Waals surface area contributed by atoms with E-state index in [1.165, 1.54) is 0 Å². The number of rotatable bonds is 7. The van der Waals surface area contributed by atoms with Gasteiger partial charge in [0.25, 0.3) is 0 Å². The molecule has 9 nitrogen and oxygen atoms in total. The van der Waals surface area contributed by atoms with Gasteiger partial charge >= 0.3 is 0 Å². The van der Waals surface area contributed by atoms with E-state index in [1.54, 1.807) is 0 Å². The van der Waals surface area contributed by atoms with Gasteiger partial charge in [-0.05, 0) is 59.3 Å². The summed E-state index contributed by atoms with van der Waals surface area (Å²) in [6.07, 6.45) is 2.63. The monoisotopic (exact) mass is 442 g/mol. The van der Waals surface area contributed by atoms with Gasteiger partial charge in [-0.1, -0.05) is 0 Å². The van der Waals surface area contributed by atoms with Gasteiger partial charge in [0.15, 0.2) is 5.96 Å². The number of aliphatic imine (C=N–C) groups is 1. The van der Waals surface area contributed by atoms with Crippen molar-refractivity contribution in [2.75, 3.05) is 13.2 Å². The van der Waals surface area contributed by atoms with E-state index in [4.69, 9.17) is 14.5 Å². The number of hydrazine groups is 1. The lowest BCUT2D eigenvalue weighted by atomic mass is 9.82. The molecule has 2 heterocycles. The number of amides is 1. The van der Waals surface area contributed by atoms with Gasteiger partial charge in [-0.3, -0.25) is 20.9 Å². The van der Waals surface area contributed by atoms with Gasteiger partial charge in [-0.15, -0.1) is 0 Å². The average molecular weight is 443 g/mol. The maximum absolute atomic E-state index is 13.5. The van der Waals surface area contributed by atoms with E-state index in [0.29, 0.717) is 37.9 Å². The smallest absolute Gasteiger partial charge is 0.246 e. The van der Waals surface area contributed by atoms with E-state index < -0.39 is 12.2 Å². The van der Waals surface area contributed by atoms with Crippen molar-refractivity contribution in [1.82, 2.24) is 26.8 Å². The van der Waals surface area contributed by atoms with Crippen molar-refractivity contribution in [2.24, 2.45) is 10.9 Å². The van der Waals surface area contributed by atoms with E-state index in [-0.39, 0.29) is 36.5 Å². The van der Waals surface area contributed by atoms with E-state index in [2.05, 4.69) is 26.8 Å². The van der Waals surface area contributed by atoms with Gasteiger partial charge in [0.2, 0.25) is 5.91 Å². The number of alkyl halides is 1. The first kappa shape index (κ1) is 24.3. The summed E-state index contributed by atoms with van der Waals surface area (Å²) in [7, 11) is 0. The molecule has 3 aliphatic rings. The molecule has 1 aliphatic carbocycles. The van der Waals surface area contributed by atoms with Crippen LogP contribution in [0.25, 0.3) is 0 Å². The number of hydrogen-bond acceptors (Lipinski definition) is 7. The minimum Gasteiger partial charge on any atom is -0.380 e. The lowest BCUT2D eigenvalue weighted by Gasteiger charge is -2.28. The minimum atomic E-state index is -0.657. The number of ether oxygens (including phenoxy) is 2. The summed E-state index contributed by atoms with van der Waals surface area (Å²) in [5.41, 5.74) is 6.56. The summed E-state index contributed by atoms with van der Waals surface area (Å²) in [4.78, 5) is 17.6. The Hall–Kier alpha value is -1.33. The molecule has 2 saturated heterocycles. The molecule has 1 amide bonds. The van der Waals surface area contributed by atoms with Crippen LogP contribution in [0, 0.1) is 5.92 Å². The highest BCUT2D eigenvalue weighted by molar-refractivity contribution is 5.99. The number of nitrogens with one attached hydrogen (secondary N) is 5. The second-order valence-corrected chi connectivity index (χ2v) is 8.96. The normalized spacial score (nSPS) is 37.6. The Bertz CT molecular complexity index is 616. The number of halogens is 1. The molecule has 6 atom stereocenters. The summed E-state index contributed by atoms with van der Waals surface area (Å²) in [5.74, 6) is 0.679. The summed E-state index contributed by atoms with van der Waals surface area (Å²) >= 11 is 0. The van der Waals surface area contributed by atoms with Gasteiger partial charge in [0.05, 0.1) is 12.7 Å². The first-order valence-electron chi connectivity index (χ1n) is 11.6. The molecule has 0 radical (unpaired) electrons. The summed E-state index contributed by atoms with van der Waals surface area (Å²) in [6.45, 7) is 8.82. The fraction of sp³-hybridized carbons (Fsp3) is 0.905. The van der Waals surface area contributed by atoms with Gasteiger partial charge in [-0.25, -0.2) is 14.8 Å². The summed E-state index contributed by atoms with van der Waals surface area (Å²) in [6, 6.07) is -0.208. The fourth-order valence-corrected chi connectivity index (χ4v) is 4.58. The third-order valence-corrected chi connectivity index (χ3v) is 6.25. The van der Waals surface area contributed by atoms with E-state index in [1.807, 2.05) is 27.7 Å². The van der Waals surface area contributed by atoms with Gasteiger partial charge in [-0.2, -0.15) is 0 Å². The van der Waals surface area contributed by atoms with Crippen LogP contribution in [-0.4, -0.2) is 67.9 Å². The lowest BCUT2D eigenvalue weighted by molar-refractivity contribution is -0.122. The van der Waals surface area contributed by atoms with E-state index in [0.717, 1.165) is 19.3 Å². The van der Waals surface area contributed by atoms with Gasteiger partial charge in [0, 0.05) is 25.1 Å². The van der Waals surface area contributed by atoms with Crippen LogP contribution in [0.3, 0.4) is 0 Å². The topological polar surface area (TPSA) is 108 Å². The zero-order chi connectivity index (χ0) is 22.4. The number of guanidine groups is 1. The molecular formula is C21H39FN6O3. The first-order chi connectivity index (χ1) is 14.9. The predicted octanol–water partition coefficient (Wildman–Crippen LogP) is 0.917. The van der Waals surface area contributed by atoms with E-state index in [9.17, 15) is 9.18 Å². The SMILES string of the molecule is CCOCC(C)N/C(=N/C1CC(C2CCC(F)CC2)NN1)NC(=O)C1NC(C)OC1C. The quantitative estimate of drug-likeness (QED) is 0.295. The molecule has 1 saturated carbocycles. The van der Waals surface area contributed by atoms with Crippen LogP contribution in [-0.2, 0) is 14.3 Å². The molecule has 0 aromatic carbocycles. The maximum atomic E-state index is 13.5. The highest BCUT2D eigenvalue weighted by Gasteiger charge is 2.36. The molecule has 31 heavy (non-hydrogen) atoms.